The highest BCUT2D eigenvalue weighted by Gasteiger charge is 2.41. The van der Waals surface area contributed by atoms with Crippen LogP contribution in [0.1, 0.15) is 37.7 Å². The Bertz CT molecular complexity index is 552. The van der Waals surface area contributed by atoms with E-state index < -0.39 is 5.60 Å². The largest absolute Gasteiger partial charge is 0.380 e. The molecule has 3 rings (SSSR count). The minimum Gasteiger partial charge on any atom is -0.380 e. The van der Waals surface area contributed by atoms with Crippen molar-refractivity contribution >= 4 is 5.91 Å². The second-order valence-corrected chi connectivity index (χ2v) is 6.91. The average Bonchev–Trinajstić information content (AvgIpc) is 2.54. The Labute approximate surface area is 136 Å². The van der Waals surface area contributed by atoms with Gasteiger partial charge in [-0.3, -0.25) is 9.69 Å². The lowest BCUT2D eigenvalue weighted by molar-refractivity contribution is -0.148. The van der Waals surface area contributed by atoms with Gasteiger partial charge in [0, 0.05) is 18.7 Å². The molecular weight excluding hydrogens is 295 g/mol. The highest BCUT2D eigenvalue weighted by Crippen LogP contribution is 2.31. The van der Waals surface area contributed by atoms with Crippen LogP contribution in [0.2, 0.25) is 0 Å². The van der Waals surface area contributed by atoms with E-state index in [1.807, 2.05) is 12.1 Å². The Morgan fingerprint density at radius 3 is 2.61 bits per heavy atom. The van der Waals surface area contributed by atoms with Gasteiger partial charge in [0.25, 0.3) is 5.91 Å². The van der Waals surface area contributed by atoms with Crippen molar-refractivity contribution in [3.63, 3.8) is 0 Å². The summed E-state index contributed by atoms with van der Waals surface area (Å²) >= 11 is 0. The zero-order valence-electron chi connectivity index (χ0n) is 13.4. The molecule has 126 valence electrons. The van der Waals surface area contributed by atoms with Gasteiger partial charge in [0.05, 0.1) is 0 Å². The zero-order valence-corrected chi connectivity index (χ0v) is 13.4. The fraction of sp³-hybridized carbons (Fsp3) is 0.611. The van der Waals surface area contributed by atoms with Crippen LogP contribution in [0.4, 0.5) is 4.39 Å². The van der Waals surface area contributed by atoms with Crippen molar-refractivity contribution in [3.05, 3.63) is 35.6 Å². The maximum atomic E-state index is 13.7. The van der Waals surface area contributed by atoms with Crippen LogP contribution in [0.15, 0.2) is 24.3 Å². The van der Waals surface area contributed by atoms with Crippen LogP contribution in [0.25, 0.3) is 0 Å². The topological polar surface area (TPSA) is 52.6 Å². The summed E-state index contributed by atoms with van der Waals surface area (Å²) in [4.78, 5) is 14.2. The van der Waals surface area contributed by atoms with Crippen LogP contribution in [-0.2, 0) is 11.3 Å². The fourth-order valence-electron chi connectivity index (χ4n) is 3.36. The molecule has 1 aliphatic carbocycles. The molecule has 0 aromatic heterocycles. The highest BCUT2D eigenvalue weighted by molar-refractivity contribution is 5.85. The van der Waals surface area contributed by atoms with Crippen LogP contribution in [0.3, 0.4) is 0 Å². The molecule has 23 heavy (non-hydrogen) atoms. The fourth-order valence-corrected chi connectivity index (χ4v) is 3.36. The van der Waals surface area contributed by atoms with Crippen molar-refractivity contribution in [2.75, 3.05) is 19.6 Å². The first-order valence-corrected chi connectivity index (χ1v) is 8.53. The number of nitrogens with one attached hydrogen (secondary N) is 1. The third-order valence-electron chi connectivity index (χ3n) is 5.21. The number of nitrogens with zero attached hydrogens (tertiary/aromatic N) is 1. The number of rotatable bonds is 5. The van der Waals surface area contributed by atoms with Gasteiger partial charge in [0.15, 0.2) is 0 Å². The normalized spacial score (nSPS) is 21.7. The molecule has 1 heterocycles. The molecule has 0 bridgehead atoms. The van der Waals surface area contributed by atoms with Crippen LogP contribution >= 0.6 is 0 Å². The number of halogens is 1. The van der Waals surface area contributed by atoms with Gasteiger partial charge in [0.1, 0.15) is 11.4 Å². The molecule has 4 nitrogen and oxygen atoms in total. The van der Waals surface area contributed by atoms with Gasteiger partial charge in [-0.25, -0.2) is 4.39 Å². The van der Waals surface area contributed by atoms with Crippen LogP contribution in [0, 0.1) is 11.7 Å². The summed E-state index contributed by atoms with van der Waals surface area (Å²) in [6.07, 6.45) is 4.08. The van der Waals surface area contributed by atoms with E-state index in [0.717, 1.165) is 37.9 Å². The SMILES string of the molecule is O=C(NCC1CCN(Cc2ccccc2F)CC1)C1(O)CCC1. The minimum absolute atomic E-state index is 0.143. The van der Waals surface area contributed by atoms with Gasteiger partial charge < -0.3 is 10.4 Å². The second kappa shape index (κ2) is 6.97. The Morgan fingerprint density at radius 2 is 2.00 bits per heavy atom. The molecule has 2 fully saturated rings. The number of likely N-dealkylation sites (tertiary alicyclic amines) is 1. The summed E-state index contributed by atoms with van der Waals surface area (Å²) in [6.45, 7) is 3.11. The smallest absolute Gasteiger partial charge is 0.251 e. The molecule has 0 spiro atoms. The molecule has 1 aromatic rings. The Hall–Kier alpha value is -1.46. The molecular formula is C18H25FN2O2. The van der Waals surface area contributed by atoms with Crippen molar-refractivity contribution < 1.29 is 14.3 Å². The van der Waals surface area contributed by atoms with Crippen molar-refractivity contribution in [2.45, 2.75) is 44.2 Å². The summed E-state index contributed by atoms with van der Waals surface area (Å²) in [5, 5.41) is 12.9. The van der Waals surface area contributed by atoms with Gasteiger partial charge >= 0.3 is 0 Å². The molecule has 0 atom stereocenters. The monoisotopic (exact) mass is 320 g/mol. The summed E-state index contributed by atoms with van der Waals surface area (Å²) < 4.78 is 13.7. The molecule has 1 aliphatic heterocycles. The van der Waals surface area contributed by atoms with E-state index in [2.05, 4.69) is 10.2 Å². The quantitative estimate of drug-likeness (QED) is 0.873. The van der Waals surface area contributed by atoms with E-state index in [-0.39, 0.29) is 11.7 Å². The lowest BCUT2D eigenvalue weighted by Crippen LogP contribution is -2.52. The standard InChI is InChI=1S/C18H25FN2O2/c19-16-5-2-1-4-15(16)13-21-10-6-14(7-11-21)12-20-17(22)18(23)8-3-9-18/h1-2,4-5,14,23H,3,6-13H2,(H,20,22). The van der Waals surface area contributed by atoms with Crippen molar-refractivity contribution in [3.8, 4) is 0 Å². The maximum Gasteiger partial charge on any atom is 0.251 e. The van der Waals surface area contributed by atoms with Crippen LogP contribution in [-0.4, -0.2) is 41.1 Å². The zero-order chi connectivity index (χ0) is 16.3. The lowest BCUT2D eigenvalue weighted by Gasteiger charge is -2.36. The van der Waals surface area contributed by atoms with E-state index in [1.165, 1.54) is 6.07 Å². The van der Waals surface area contributed by atoms with Crippen molar-refractivity contribution in [1.29, 1.82) is 0 Å². The molecule has 2 N–H and O–H groups in total. The molecule has 0 radical (unpaired) electrons. The predicted octanol–water partition coefficient (Wildman–Crippen LogP) is 2.07. The van der Waals surface area contributed by atoms with Gasteiger partial charge in [-0.15, -0.1) is 0 Å². The van der Waals surface area contributed by atoms with E-state index in [4.69, 9.17) is 0 Å². The highest BCUT2D eigenvalue weighted by atomic mass is 19.1. The molecule has 5 heteroatoms. The lowest BCUT2D eigenvalue weighted by atomic mass is 9.79. The molecule has 2 aliphatic rings. The number of aliphatic hydroxyl groups is 1. The van der Waals surface area contributed by atoms with Gasteiger partial charge in [-0.1, -0.05) is 18.2 Å². The third kappa shape index (κ3) is 3.90. The maximum absolute atomic E-state index is 13.7. The number of hydrogen-bond donors (Lipinski definition) is 2. The molecule has 1 saturated carbocycles. The third-order valence-corrected chi connectivity index (χ3v) is 5.21. The minimum atomic E-state index is -1.11. The Morgan fingerprint density at radius 1 is 1.30 bits per heavy atom. The number of hydrogen-bond acceptors (Lipinski definition) is 3. The van der Waals surface area contributed by atoms with E-state index in [1.54, 1.807) is 6.07 Å². The van der Waals surface area contributed by atoms with Crippen LogP contribution in [0.5, 0.6) is 0 Å². The number of piperidine rings is 1. The van der Waals surface area contributed by atoms with Gasteiger partial charge in [-0.05, 0) is 57.2 Å². The number of benzene rings is 1. The van der Waals surface area contributed by atoms with Crippen LogP contribution < -0.4 is 5.32 Å². The van der Waals surface area contributed by atoms with Gasteiger partial charge in [0.2, 0.25) is 0 Å². The molecule has 1 amide bonds. The molecule has 1 aromatic carbocycles. The average molecular weight is 320 g/mol. The second-order valence-electron chi connectivity index (χ2n) is 6.91. The molecule has 1 saturated heterocycles. The van der Waals surface area contributed by atoms with Gasteiger partial charge in [-0.2, -0.15) is 0 Å². The van der Waals surface area contributed by atoms with Crippen molar-refractivity contribution in [1.82, 2.24) is 10.2 Å². The Kier molecular flexibility index (Phi) is 4.97. The van der Waals surface area contributed by atoms with E-state index in [9.17, 15) is 14.3 Å². The summed E-state index contributed by atoms with van der Waals surface area (Å²) in [5.41, 5.74) is -0.364. The number of carbonyl (C=O) groups excluding carboxylic acids is 1. The Balaban J connectivity index is 1.40. The van der Waals surface area contributed by atoms with E-state index >= 15 is 0 Å². The summed E-state index contributed by atoms with van der Waals surface area (Å²) in [7, 11) is 0. The number of carbonyl (C=O) groups is 1. The summed E-state index contributed by atoms with van der Waals surface area (Å²) in [5.74, 6) is 0.0904. The first-order chi connectivity index (χ1) is 11.1. The molecule has 0 unspecified atom stereocenters. The summed E-state index contributed by atoms with van der Waals surface area (Å²) in [6, 6.07) is 6.92. The van der Waals surface area contributed by atoms with Crippen molar-refractivity contribution in [2.24, 2.45) is 5.92 Å². The van der Waals surface area contributed by atoms with E-state index in [0.29, 0.717) is 31.8 Å². The first-order valence-electron chi connectivity index (χ1n) is 8.53. The predicted molar refractivity (Wildman–Crippen MR) is 86.2 cm³/mol. The first kappa shape index (κ1) is 16.4. The number of amides is 1.